The summed E-state index contributed by atoms with van der Waals surface area (Å²) in [5.74, 6) is 8.83. The molecule has 0 radical (unpaired) electrons. The number of rotatable bonds is 15. The van der Waals surface area contributed by atoms with E-state index in [1.54, 1.807) is 53.9 Å². The first kappa shape index (κ1) is 105. The molecule has 5 aliphatic carbocycles. The number of likely N-dealkylation sites (N-methyl/N-ethyl adjacent to an activating group) is 5. The van der Waals surface area contributed by atoms with Crippen LogP contribution in [0.1, 0.15) is 282 Å². The second kappa shape index (κ2) is 46.8. The molecule has 5 aliphatic heterocycles. The number of nitrogens with zero attached hydrogens (tertiary/aromatic N) is 7. The van der Waals surface area contributed by atoms with E-state index in [0.717, 1.165) is 61.8 Å². The van der Waals surface area contributed by atoms with Crippen molar-refractivity contribution < 1.29 is 19.1 Å². The molecule has 3 amide bonds. The van der Waals surface area contributed by atoms with Gasteiger partial charge in [-0.15, -0.1) is 62.0 Å². The Kier molecular flexibility index (Phi) is 36.8. The maximum atomic E-state index is 12.2. The average Bonchev–Trinajstić information content (AvgIpc) is 1.62. The van der Waals surface area contributed by atoms with Crippen LogP contribution in [0.4, 0.5) is 4.79 Å². The normalized spacial score (nSPS) is 24.1. The van der Waals surface area contributed by atoms with Gasteiger partial charge in [-0.1, -0.05) is 245 Å². The third-order valence-corrected chi connectivity index (χ3v) is 31.5. The molecule has 13 nitrogen and oxygen atoms in total. The number of hydrogen-bond donors (Lipinski definition) is 2. The van der Waals surface area contributed by atoms with Crippen molar-refractivity contribution in [3.8, 4) is 6.07 Å². The number of aryl methyl sites for hydroxylation is 6. The van der Waals surface area contributed by atoms with E-state index in [1.807, 2.05) is 36.4 Å². The van der Waals surface area contributed by atoms with Gasteiger partial charge in [0.2, 0.25) is 5.91 Å². The highest BCUT2D eigenvalue weighted by Gasteiger charge is 2.50. The second-order valence-corrected chi connectivity index (χ2v) is 39.0. The Morgan fingerprint density at radius 2 is 0.609 bits per heavy atom. The zero-order chi connectivity index (χ0) is 89.7. The molecule has 10 aliphatic rings. The van der Waals surface area contributed by atoms with Crippen LogP contribution in [0.2, 0.25) is 0 Å². The monoisotopic (exact) mass is 1890 g/mol. The van der Waals surface area contributed by atoms with Crippen molar-refractivity contribution in [3.05, 3.63) is 351 Å². The van der Waals surface area contributed by atoms with Gasteiger partial charge in [-0.3, -0.25) is 9.59 Å². The van der Waals surface area contributed by atoms with Gasteiger partial charge >= 0.3 is 6.09 Å². The lowest BCUT2D eigenvalue weighted by Gasteiger charge is -2.37. The number of primary amides is 1. The number of piperidine rings is 5. The van der Waals surface area contributed by atoms with E-state index < -0.39 is 6.09 Å². The molecule has 20 rings (SSSR count). The molecule has 708 valence electrons. The third-order valence-electron chi connectivity index (χ3n) is 31.5. The maximum absolute atomic E-state index is 12.2. The molecule has 5 saturated heterocycles. The molecule has 18 heteroatoms. The molecular weight excluding hydrogens is 1750 g/mol. The summed E-state index contributed by atoms with van der Waals surface area (Å²) in [5, 5.41) is 11.6. The van der Waals surface area contributed by atoms with Crippen molar-refractivity contribution in [1.82, 2.24) is 34.7 Å². The smallest absolute Gasteiger partial charge is 0.407 e. The molecule has 10 aromatic carbocycles. The van der Waals surface area contributed by atoms with Crippen molar-refractivity contribution in [3.63, 3.8) is 0 Å². The van der Waals surface area contributed by atoms with Gasteiger partial charge in [0.25, 0.3) is 5.91 Å². The SMILES string of the molecule is CCN1CC[C@H]2[C@H](c3ccc(C#N)cc3)c3cc(C)ccc3[C@H]2C1.CCN1CC[C@H]2[C@H](c3ccc(C(=O)N(C)C)cc3)c3cc(C)ccc3[C@H]2C1.CCN1CC[C@H]2[C@H](c3ccc(C(N)=O)cc3)c3cc(C)ccc3[C@H]2C1.CCN1CC[C@H]2[C@H](c3ccc(COC(=O)NC)cc3)c3cc(C)ccc3[C@H]2C1.CCc1ccc([C@@H]2c3cc(C)ccc3[C@H]3CN(CC)CC[C@@H]23)cc1.Cl.Cl.Cl.Cl.Cl. The number of fused-ring (bicyclic) bond motifs is 15. The minimum absolute atomic E-state index is 0. The van der Waals surface area contributed by atoms with Gasteiger partial charge in [-0.2, -0.15) is 5.26 Å². The summed E-state index contributed by atoms with van der Waals surface area (Å²) in [6, 6.07) is 80.2. The molecule has 0 spiro atoms. The molecule has 0 bridgehead atoms. The lowest BCUT2D eigenvalue weighted by atomic mass is 9.78. The van der Waals surface area contributed by atoms with Gasteiger partial charge < -0.3 is 45.2 Å². The number of halogens is 5. The fraction of sp³-hybridized carbons (Fsp3) is 0.443. The predicted molar refractivity (Wildman–Crippen MR) is 558 cm³/mol. The number of hydrogen-bond acceptors (Lipinski definition) is 10. The minimum atomic E-state index is -0.394. The number of ether oxygens (including phenoxy) is 1. The van der Waals surface area contributed by atoms with Gasteiger partial charge in [0.05, 0.1) is 11.6 Å². The van der Waals surface area contributed by atoms with E-state index in [0.29, 0.717) is 95.0 Å². The molecule has 0 saturated carbocycles. The quantitative estimate of drug-likeness (QED) is 0.102. The number of amides is 3. The first-order valence-electron chi connectivity index (χ1n) is 48.5. The number of carbonyl (C=O) groups is 3. The van der Waals surface area contributed by atoms with Gasteiger partial charge in [-0.05, 0) is 299 Å². The third kappa shape index (κ3) is 22.4. The molecule has 133 heavy (non-hydrogen) atoms. The van der Waals surface area contributed by atoms with Crippen LogP contribution >= 0.6 is 62.0 Å². The van der Waals surface area contributed by atoms with Gasteiger partial charge in [0, 0.05) is 124 Å². The number of carbonyl (C=O) groups excluding carboxylic acids is 3. The van der Waals surface area contributed by atoms with E-state index in [-0.39, 0.29) is 73.8 Å². The van der Waals surface area contributed by atoms with E-state index >= 15 is 0 Å². The van der Waals surface area contributed by atoms with Crippen molar-refractivity contribution in [2.75, 3.05) is 119 Å². The van der Waals surface area contributed by atoms with Gasteiger partial charge in [-0.25, -0.2) is 4.79 Å². The minimum Gasteiger partial charge on any atom is -0.445 e. The van der Waals surface area contributed by atoms with Crippen LogP contribution in [0, 0.1) is 75.5 Å². The number of likely N-dealkylation sites (tertiary alicyclic amines) is 5. The van der Waals surface area contributed by atoms with Crippen LogP contribution in [0.3, 0.4) is 0 Å². The summed E-state index contributed by atoms with van der Waals surface area (Å²) in [6.45, 7) is 42.6. The number of alkyl carbamates (subject to hydrolysis) is 1. The summed E-state index contributed by atoms with van der Waals surface area (Å²) in [5.41, 5.74) is 39.1. The fourth-order valence-corrected chi connectivity index (χ4v) is 24.8. The van der Waals surface area contributed by atoms with Crippen molar-refractivity contribution in [1.29, 1.82) is 5.26 Å². The van der Waals surface area contributed by atoms with Crippen LogP contribution in [0.15, 0.2) is 212 Å². The first-order valence-corrected chi connectivity index (χ1v) is 48.5. The maximum Gasteiger partial charge on any atom is 0.407 e. The summed E-state index contributed by atoms with van der Waals surface area (Å²) >= 11 is 0. The number of nitrogens with two attached hydrogens (primary N) is 1. The Bertz CT molecular complexity index is 5610. The molecule has 15 atom stereocenters. The summed E-state index contributed by atoms with van der Waals surface area (Å²) in [6.07, 6.45) is 7.04. The standard InChI is InChI=1S/C24H30N2O2.C24H30N2O.C23H29N.C22H26N2O.C22H24N2.5ClH/c1-4-26-12-11-20-22(14-26)19-10-5-16(2)13-21(19)23(20)18-8-6-17(7-9-18)15-28-24(27)25-3;1-5-26-13-12-20-22(15-26)19-11-6-16(2)14-21(19)23(20)17-7-9-18(10-8-17)24(27)25(3)4;1-4-17-7-9-18(10-8-17)23-20-12-13-24(5-2)15-22(20)19-11-6-16(3)14-21(19)23;1-3-24-11-10-18-20(13-24)17-9-4-14(2)12-19(17)21(18)15-5-7-16(8-6-15)22(23)25;1-3-24-11-10-19-21(14-24)18-9-4-15(2)12-20(18)22(19)17-7-5-16(13-23)6-8-17;;;;;/h5-10,13,20,22-23H,4,11-12,14-15H2,1-3H3,(H,25,27);6-11,14,20,22-23H,5,12-13,15H2,1-4H3;6-11,14,20,22-23H,4-5,12-13,15H2,1-3H3;4-9,12,18,20-21H,3,10-11,13H2,1-2H3,(H2,23,25);4-9,12,19,21-22H,3,10-11,14H2,1-2H3;5*1H/t3*20-,22-,23+;18-,20-,21+;19-,21-,22+;;;;;/m11111...../s1. The summed E-state index contributed by atoms with van der Waals surface area (Å²) in [4.78, 5) is 49.5. The molecule has 3 N–H and O–H groups in total. The Balaban J connectivity index is 0.000000159. The molecule has 5 fully saturated rings. The lowest BCUT2D eigenvalue weighted by molar-refractivity contribution is 0.0827. The second-order valence-electron chi connectivity index (χ2n) is 39.0. The molecule has 10 aromatic rings. The number of nitrogens with one attached hydrogen (secondary N) is 1. The summed E-state index contributed by atoms with van der Waals surface area (Å²) in [7, 11) is 5.18. The first-order chi connectivity index (χ1) is 62.1. The largest absolute Gasteiger partial charge is 0.445 e. The van der Waals surface area contributed by atoms with Crippen LogP contribution in [-0.2, 0) is 17.8 Å². The van der Waals surface area contributed by atoms with Crippen molar-refractivity contribution in [2.45, 2.75) is 180 Å². The van der Waals surface area contributed by atoms with E-state index in [9.17, 15) is 14.4 Å². The van der Waals surface area contributed by atoms with Gasteiger partial charge in [0.1, 0.15) is 6.61 Å². The van der Waals surface area contributed by atoms with Crippen LogP contribution in [-0.4, -0.2) is 167 Å². The molecule has 0 unspecified atom stereocenters. The van der Waals surface area contributed by atoms with E-state index in [4.69, 9.17) is 15.7 Å². The van der Waals surface area contributed by atoms with Crippen LogP contribution < -0.4 is 11.1 Å². The van der Waals surface area contributed by atoms with E-state index in [1.165, 1.54) is 187 Å². The Labute approximate surface area is 825 Å². The highest BCUT2D eigenvalue weighted by molar-refractivity contribution is 5.94. The van der Waals surface area contributed by atoms with Crippen LogP contribution in [0.25, 0.3) is 0 Å². The zero-order valence-corrected chi connectivity index (χ0v) is 84.9. The van der Waals surface area contributed by atoms with Gasteiger partial charge in [0.15, 0.2) is 0 Å². The molecule has 0 aromatic heterocycles. The highest BCUT2D eigenvalue weighted by atomic mass is 35.5. The lowest BCUT2D eigenvalue weighted by Crippen LogP contribution is -2.38. The Morgan fingerprint density at radius 3 is 0.842 bits per heavy atom. The Morgan fingerprint density at radius 1 is 0.361 bits per heavy atom. The predicted octanol–water partition coefficient (Wildman–Crippen LogP) is 24.0. The van der Waals surface area contributed by atoms with Crippen molar-refractivity contribution in [2.24, 2.45) is 35.3 Å². The van der Waals surface area contributed by atoms with Crippen LogP contribution in [0.5, 0.6) is 0 Å². The van der Waals surface area contributed by atoms with Crippen molar-refractivity contribution >= 4 is 79.9 Å². The summed E-state index contributed by atoms with van der Waals surface area (Å²) < 4.78 is 5.17. The topological polar surface area (TPSA) is 142 Å². The molecule has 5 heterocycles. The fourth-order valence-electron chi connectivity index (χ4n) is 24.8. The average molecular weight is 1890 g/mol. The highest BCUT2D eigenvalue weighted by Crippen LogP contribution is 2.59. The van der Waals surface area contributed by atoms with E-state index in [2.05, 4.69) is 288 Å². The zero-order valence-electron chi connectivity index (χ0n) is 80.8. The molecular formula is C115H144Cl5N9O4. The number of benzene rings is 10. The Hall–Kier alpha value is -8.85. The number of nitriles is 1.